The lowest BCUT2D eigenvalue weighted by molar-refractivity contribution is 0.102. The van der Waals surface area contributed by atoms with E-state index in [1.807, 2.05) is 13.0 Å². The molecule has 1 aromatic heterocycles. The molecule has 2 rings (SSSR count). The fourth-order valence-electron chi connectivity index (χ4n) is 1.69. The van der Waals surface area contributed by atoms with Gasteiger partial charge in [0.25, 0.3) is 5.91 Å². The first kappa shape index (κ1) is 12.1. The third kappa shape index (κ3) is 2.48. The molecule has 92 valence electrons. The molecule has 0 saturated carbocycles. The largest absolute Gasteiger partial charge is 0.508 e. The zero-order chi connectivity index (χ0) is 13.1. The van der Waals surface area contributed by atoms with E-state index in [9.17, 15) is 9.90 Å². The van der Waals surface area contributed by atoms with Crippen LogP contribution in [0.2, 0.25) is 0 Å². The number of pyridine rings is 1. The topological polar surface area (TPSA) is 62.2 Å². The summed E-state index contributed by atoms with van der Waals surface area (Å²) in [6.45, 7) is 3.61. The predicted molar refractivity (Wildman–Crippen MR) is 69.8 cm³/mol. The summed E-state index contributed by atoms with van der Waals surface area (Å²) >= 11 is 0. The number of benzene rings is 1. The number of hydrogen-bond donors (Lipinski definition) is 2. The summed E-state index contributed by atoms with van der Waals surface area (Å²) in [4.78, 5) is 16.1. The van der Waals surface area contributed by atoms with Crippen LogP contribution in [-0.2, 0) is 0 Å². The Bertz CT molecular complexity index is 594. The third-order valence-electron chi connectivity index (χ3n) is 2.68. The molecule has 0 saturated heterocycles. The number of nitrogens with zero attached hydrogens (tertiary/aromatic N) is 1. The molecule has 0 radical (unpaired) electrons. The number of nitrogens with one attached hydrogen (secondary N) is 1. The van der Waals surface area contributed by atoms with Crippen molar-refractivity contribution < 1.29 is 9.90 Å². The van der Waals surface area contributed by atoms with Crippen LogP contribution in [0, 0.1) is 13.8 Å². The highest BCUT2D eigenvalue weighted by molar-refractivity contribution is 6.05. The number of aryl methyl sites for hydroxylation is 1. The minimum atomic E-state index is -0.254. The maximum Gasteiger partial charge on any atom is 0.256 e. The molecule has 0 atom stereocenters. The van der Waals surface area contributed by atoms with E-state index >= 15 is 0 Å². The van der Waals surface area contributed by atoms with E-state index in [0.29, 0.717) is 16.8 Å². The molecule has 0 fully saturated rings. The van der Waals surface area contributed by atoms with Crippen molar-refractivity contribution in [3.8, 4) is 5.75 Å². The van der Waals surface area contributed by atoms with Crippen LogP contribution in [0.3, 0.4) is 0 Å². The van der Waals surface area contributed by atoms with Crippen molar-refractivity contribution in [1.82, 2.24) is 4.98 Å². The summed E-state index contributed by atoms with van der Waals surface area (Å²) in [5.74, 6) is -0.138. The van der Waals surface area contributed by atoms with Crippen LogP contribution in [0.5, 0.6) is 5.75 Å². The average molecular weight is 242 g/mol. The second kappa shape index (κ2) is 4.87. The van der Waals surface area contributed by atoms with Crippen LogP contribution in [0.4, 0.5) is 5.69 Å². The van der Waals surface area contributed by atoms with Crippen molar-refractivity contribution in [2.75, 3.05) is 5.32 Å². The Balaban J connectivity index is 2.25. The molecule has 0 spiro atoms. The highest BCUT2D eigenvalue weighted by Gasteiger charge is 2.11. The van der Waals surface area contributed by atoms with Crippen molar-refractivity contribution in [1.29, 1.82) is 0 Å². The van der Waals surface area contributed by atoms with E-state index in [4.69, 9.17) is 0 Å². The number of phenols is 1. The minimum Gasteiger partial charge on any atom is -0.508 e. The van der Waals surface area contributed by atoms with Gasteiger partial charge in [0.2, 0.25) is 0 Å². The molecule has 2 aromatic rings. The number of anilines is 1. The molecule has 0 bridgehead atoms. The van der Waals surface area contributed by atoms with Crippen LogP contribution in [-0.4, -0.2) is 16.0 Å². The Kier molecular flexibility index (Phi) is 3.28. The number of phenolic OH excluding ortho intramolecular Hbond substituents is 1. The van der Waals surface area contributed by atoms with E-state index in [1.54, 1.807) is 37.5 Å². The summed E-state index contributed by atoms with van der Waals surface area (Å²) in [6, 6.07) is 6.71. The summed E-state index contributed by atoms with van der Waals surface area (Å²) in [5, 5.41) is 12.3. The van der Waals surface area contributed by atoms with Crippen LogP contribution < -0.4 is 5.32 Å². The van der Waals surface area contributed by atoms with Gasteiger partial charge in [0.1, 0.15) is 5.75 Å². The number of carbonyl (C=O) groups is 1. The highest BCUT2D eigenvalue weighted by Crippen LogP contribution is 2.20. The fourth-order valence-corrected chi connectivity index (χ4v) is 1.69. The number of carbonyl (C=O) groups excluding carboxylic acids is 1. The van der Waals surface area contributed by atoms with E-state index in [2.05, 4.69) is 10.3 Å². The maximum atomic E-state index is 12.0. The number of rotatable bonds is 2. The molecule has 1 amide bonds. The second-order valence-electron chi connectivity index (χ2n) is 4.15. The summed E-state index contributed by atoms with van der Waals surface area (Å²) in [7, 11) is 0. The van der Waals surface area contributed by atoms with Gasteiger partial charge >= 0.3 is 0 Å². The third-order valence-corrected chi connectivity index (χ3v) is 2.68. The second-order valence-corrected chi connectivity index (χ2v) is 4.15. The zero-order valence-electron chi connectivity index (χ0n) is 10.3. The predicted octanol–water partition coefficient (Wildman–Crippen LogP) is 2.66. The molecule has 18 heavy (non-hydrogen) atoms. The Labute approximate surface area is 105 Å². The minimum absolute atomic E-state index is 0.116. The average Bonchev–Trinajstić information content (AvgIpc) is 2.32. The number of hydrogen-bond acceptors (Lipinski definition) is 3. The first-order chi connectivity index (χ1) is 8.58. The number of aromatic hydroxyl groups is 1. The van der Waals surface area contributed by atoms with Crippen molar-refractivity contribution >= 4 is 11.6 Å². The molecule has 0 aliphatic heterocycles. The van der Waals surface area contributed by atoms with Crippen molar-refractivity contribution in [2.24, 2.45) is 0 Å². The summed E-state index contributed by atoms with van der Waals surface area (Å²) < 4.78 is 0. The van der Waals surface area contributed by atoms with Gasteiger partial charge in [-0.25, -0.2) is 0 Å². The number of aromatic nitrogens is 1. The molecule has 4 nitrogen and oxygen atoms in total. The van der Waals surface area contributed by atoms with E-state index in [1.165, 1.54) is 0 Å². The van der Waals surface area contributed by atoms with Gasteiger partial charge in [-0.3, -0.25) is 9.78 Å². The van der Waals surface area contributed by atoms with Crippen LogP contribution in [0.15, 0.2) is 36.7 Å². The van der Waals surface area contributed by atoms with Crippen molar-refractivity contribution in [3.63, 3.8) is 0 Å². The van der Waals surface area contributed by atoms with Gasteiger partial charge in [-0.05, 0) is 37.6 Å². The SMILES string of the molecule is Cc1cncc(NC(=O)c2cccc(O)c2C)c1. The lowest BCUT2D eigenvalue weighted by atomic mass is 10.1. The maximum absolute atomic E-state index is 12.0. The first-order valence-electron chi connectivity index (χ1n) is 5.59. The fraction of sp³-hybridized carbons (Fsp3) is 0.143. The summed E-state index contributed by atoms with van der Waals surface area (Å²) in [6.07, 6.45) is 3.30. The molecule has 1 aromatic carbocycles. The Morgan fingerprint density at radius 3 is 2.78 bits per heavy atom. The molecule has 0 aliphatic carbocycles. The van der Waals surface area contributed by atoms with Gasteiger partial charge in [-0.1, -0.05) is 6.07 Å². The van der Waals surface area contributed by atoms with Gasteiger partial charge in [-0.2, -0.15) is 0 Å². The van der Waals surface area contributed by atoms with E-state index in [-0.39, 0.29) is 11.7 Å². The van der Waals surface area contributed by atoms with E-state index in [0.717, 1.165) is 5.56 Å². The standard InChI is InChI=1S/C14H14N2O2/c1-9-6-11(8-15-7-9)16-14(18)12-4-3-5-13(17)10(12)2/h3-8,17H,1-2H3,(H,16,18). The first-order valence-corrected chi connectivity index (χ1v) is 5.59. The smallest absolute Gasteiger partial charge is 0.256 e. The van der Waals surface area contributed by atoms with Crippen LogP contribution in [0.25, 0.3) is 0 Å². The van der Waals surface area contributed by atoms with Gasteiger partial charge in [0.15, 0.2) is 0 Å². The normalized spacial score (nSPS) is 10.1. The van der Waals surface area contributed by atoms with Gasteiger partial charge in [-0.15, -0.1) is 0 Å². The highest BCUT2D eigenvalue weighted by atomic mass is 16.3. The molecule has 0 aliphatic rings. The van der Waals surface area contributed by atoms with Crippen LogP contribution >= 0.6 is 0 Å². The van der Waals surface area contributed by atoms with Gasteiger partial charge in [0, 0.05) is 17.3 Å². The Morgan fingerprint density at radius 1 is 1.28 bits per heavy atom. The zero-order valence-corrected chi connectivity index (χ0v) is 10.3. The van der Waals surface area contributed by atoms with Crippen molar-refractivity contribution in [3.05, 3.63) is 53.3 Å². The van der Waals surface area contributed by atoms with Gasteiger partial charge in [0.05, 0.1) is 11.9 Å². The molecular weight excluding hydrogens is 228 g/mol. The van der Waals surface area contributed by atoms with Gasteiger partial charge < -0.3 is 10.4 Å². The lowest BCUT2D eigenvalue weighted by Gasteiger charge is -2.08. The van der Waals surface area contributed by atoms with Crippen LogP contribution in [0.1, 0.15) is 21.5 Å². The summed E-state index contributed by atoms with van der Waals surface area (Å²) in [5.41, 5.74) is 2.63. The van der Waals surface area contributed by atoms with Crippen molar-refractivity contribution in [2.45, 2.75) is 13.8 Å². The monoisotopic (exact) mass is 242 g/mol. The molecule has 0 unspecified atom stereocenters. The lowest BCUT2D eigenvalue weighted by Crippen LogP contribution is -2.13. The Hall–Kier alpha value is -2.36. The number of amides is 1. The molecule has 4 heteroatoms. The molecule has 1 heterocycles. The molecule has 2 N–H and O–H groups in total. The molecular formula is C14H14N2O2. The Morgan fingerprint density at radius 2 is 2.06 bits per heavy atom. The van der Waals surface area contributed by atoms with E-state index < -0.39 is 0 Å². The quantitative estimate of drug-likeness (QED) is 0.851.